The van der Waals surface area contributed by atoms with Crippen molar-refractivity contribution in [2.45, 2.75) is 16.7 Å². The summed E-state index contributed by atoms with van der Waals surface area (Å²) in [6.45, 7) is 1.88. The van der Waals surface area contributed by atoms with Gasteiger partial charge in [0.15, 0.2) is 0 Å². The van der Waals surface area contributed by atoms with Crippen LogP contribution in [0.3, 0.4) is 0 Å². The minimum atomic E-state index is -0.374. The van der Waals surface area contributed by atoms with E-state index in [1.165, 1.54) is 6.07 Å². The molecule has 0 spiro atoms. The van der Waals surface area contributed by atoms with E-state index in [4.69, 9.17) is 0 Å². The van der Waals surface area contributed by atoms with Gasteiger partial charge in [-0.05, 0) is 42.8 Å². The Labute approximate surface area is 117 Å². The normalized spacial score (nSPS) is 10.3. The standard InChI is InChI=1S/C13H10BrNO2S/c1-9-8-11(15(16)17)4-7-13(9)18-12-5-2-10(14)3-6-12/h2-8H,1H3. The van der Waals surface area contributed by atoms with Crippen LogP contribution in [-0.4, -0.2) is 4.92 Å². The molecule has 5 heteroatoms. The third-order valence-corrected chi connectivity index (χ3v) is 4.13. The molecule has 2 aromatic carbocycles. The Balaban J connectivity index is 2.24. The highest BCUT2D eigenvalue weighted by molar-refractivity contribution is 9.10. The summed E-state index contributed by atoms with van der Waals surface area (Å²) in [5.74, 6) is 0. The van der Waals surface area contributed by atoms with Gasteiger partial charge < -0.3 is 0 Å². The molecule has 0 bridgehead atoms. The van der Waals surface area contributed by atoms with E-state index in [0.717, 1.165) is 19.8 Å². The summed E-state index contributed by atoms with van der Waals surface area (Å²) in [5.41, 5.74) is 1.05. The number of rotatable bonds is 3. The molecule has 18 heavy (non-hydrogen) atoms. The predicted octanol–water partition coefficient (Wildman–Crippen LogP) is 4.82. The molecule has 0 atom stereocenters. The molecule has 0 aliphatic carbocycles. The van der Waals surface area contributed by atoms with Crippen LogP contribution >= 0.6 is 27.7 Å². The molecular formula is C13H10BrNO2S. The summed E-state index contributed by atoms with van der Waals surface area (Å²) in [6.07, 6.45) is 0. The number of nitro benzene ring substituents is 1. The van der Waals surface area contributed by atoms with Crippen molar-refractivity contribution in [3.8, 4) is 0 Å². The van der Waals surface area contributed by atoms with Gasteiger partial charge in [0.05, 0.1) is 4.92 Å². The lowest BCUT2D eigenvalue weighted by molar-refractivity contribution is -0.385. The first-order chi connectivity index (χ1) is 8.56. The molecule has 0 amide bonds. The maximum absolute atomic E-state index is 10.7. The van der Waals surface area contributed by atoms with Crippen LogP contribution in [0.2, 0.25) is 0 Å². The fourth-order valence-corrected chi connectivity index (χ4v) is 2.64. The lowest BCUT2D eigenvalue weighted by Crippen LogP contribution is -1.89. The molecule has 2 rings (SSSR count). The maximum Gasteiger partial charge on any atom is 0.269 e. The lowest BCUT2D eigenvalue weighted by Gasteiger charge is -2.05. The van der Waals surface area contributed by atoms with Crippen molar-refractivity contribution < 1.29 is 4.92 Å². The summed E-state index contributed by atoms with van der Waals surface area (Å²) >= 11 is 4.99. The SMILES string of the molecule is Cc1cc([N+](=O)[O-])ccc1Sc1ccc(Br)cc1. The highest BCUT2D eigenvalue weighted by atomic mass is 79.9. The molecule has 92 valence electrons. The fraction of sp³-hybridized carbons (Fsp3) is 0.0769. The monoisotopic (exact) mass is 323 g/mol. The topological polar surface area (TPSA) is 43.1 Å². The van der Waals surface area contributed by atoms with E-state index in [1.807, 2.05) is 31.2 Å². The Morgan fingerprint density at radius 2 is 1.83 bits per heavy atom. The van der Waals surface area contributed by atoms with Crippen molar-refractivity contribution in [2.75, 3.05) is 0 Å². The van der Waals surface area contributed by atoms with Crippen molar-refractivity contribution in [1.29, 1.82) is 0 Å². The van der Waals surface area contributed by atoms with E-state index in [0.29, 0.717) is 0 Å². The molecule has 0 N–H and O–H groups in total. The van der Waals surface area contributed by atoms with Crippen LogP contribution < -0.4 is 0 Å². The number of non-ortho nitro benzene ring substituents is 1. The van der Waals surface area contributed by atoms with Gasteiger partial charge in [-0.3, -0.25) is 10.1 Å². The number of aryl methyl sites for hydroxylation is 1. The van der Waals surface area contributed by atoms with Gasteiger partial charge in [0.1, 0.15) is 0 Å². The first-order valence-corrected chi connectivity index (χ1v) is 6.85. The van der Waals surface area contributed by atoms with Gasteiger partial charge in [-0.1, -0.05) is 27.7 Å². The van der Waals surface area contributed by atoms with Crippen LogP contribution in [0.5, 0.6) is 0 Å². The Morgan fingerprint density at radius 1 is 1.17 bits per heavy atom. The van der Waals surface area contributed by atoms with E-state index in [1.54, 1.807) is 23.9 Å². The number of benzene rings is 2. The number of hydrogen-bond donors (Lipinski definition) is 0. The Hall–Kier alpha value is -1.33. The molecule has 0 radical (unpaired) electrons. The second-order valence-corrected chi connectivity index (χ2v) is 5.79. The van der Waals surface area contributed by atoms with E-state index >= 15 is 0 Å². The van der Waals surface area contributed by atoms with Gasteiger partial charge in [0.25, 0.3) is 5.69 Å². The third kappa shape index (κ3) is 3.11. The van der Waals surface area contributed by atoms with Crippen molar-refractivity contribution >= 4 is 33.4 Å². The second kappa shape index (κ2) is 5.54. The lowest BCUT2D eigenvalue weighted by atomic mass is 10.2. The van der Waals surface area contributed by atoms with E-state index < -0.39 is 0 Å². The van der Waals surface area contributed by atoms with E-state index in [2.05, 4.69) is 15.9 Å². The molecule has 2 aromatic rings. The fourth-order valence-electron chi connectivity index (χ4n) is 1.49. The zero-order valence-corrected chi connectivity index (χ0v) is 12.0. The number of halogens is 1. The molecule has 0 aromatic heterocycles. The predicted molar refractivity (Wildman–Crippen MR) is 76.1 cm³/mol. The number of nitrogens with zero attached hydrogens (tertiary/aromatic N) is 1. The van der Waals surface area contributed by atoms with Crippen LogP contribution in [0.15, 0.2) is 56.7 Å². The zero-order chi connectivity index (χ0) is 13.1. The molecule has 0 saturated heterocycles. The average molecular weight is 324 g/mol. The van der Waals surface area contributed by atoms with E-state index in [9.17, 15) is 10.1 Å². The van der Waals surface area contributed by atoms with Crippen LogP contribution in [0.4, 0.5) is 5.69 Å². The molecule has 0 heterocycles. The smallest absolute Gasteiger partial charge is 0.258 e. The summed E-state index contributed by atoms with van der Waals surface area (Å²) in [7, 11) is 0. The second-order valence-electron chi connectivity index (χ2n) is 3.76. The minimum Gasteiger partial charge on any atom is -0.258 e. The zero-order valence-electron chi connectivity index (χ0n) is 9.59. The van der Waals surface area contributed by atoms with Crippen LogP contribution in [0, 0.1) is 17.0 Å². The number of nitro groups is 1. The van der Waals surface area contributed by atoms with Gasteiger partial charge in [-0.25, -0.2) is 0 Å². The highest BCUT2D eigenvalue weighted by Gasteiger charge is 2.08. The first-order valence-electron chi connectivity index (χ1n) is 5.25. The summed E-state index contributed by atoms with van der Waals surface area (Å²) in [6, 6.07) is 12.9. The Bertz CT molecular complexity index is 584. The van der Waals surface area contributed by atoms with Crippen molar-refractivity contribution in [3.05, 3.63) is 62.6 Å². The third-order valence-electron chi connectivity index (χ3n) is 2.41. The Morgan fingerprint density at radius 3 is 2.39 bits per heavy atom. The molecular weight excluding hydrogens is 314 g/mol. The molecule has 0 aliphatic heterocycles. The largest absolute Gasteiger partial charge is 0.269 e. The van der Waals surface area contributed by atoms with Gasteiger partial charge in [0, 0.05) is 26.4 Å². The Kier molecular flexibility index (Phi) is 4.04. The average Bonchev–Trinajstić information content (AvgIpc) is 2.34. The first kappa shape index (κ1) is 13.1. The molecule has 0 saturated carbocycles. The molecule has 0 aliphatic rings. The van der Waals surface area contributed by atoms with Crippen molar-refractivity contribution in [2.24, 2.45) is 0 Å². The van der Waals surface area contributed by atoms with Gasteiger partial charge >= 0.3 is 0 Å². The maximum atomic E-state index is 10.7. The summed E-state index contributed by atoms with van der Waals surface area (Å²) < 4.78 is 1.03. The van der Waals surface area contributed by atoms with Gasteiger partial charge in [-0.2, -0.15) is 0 Å². The van der Waals surface area contributed by atoms with Gasteiger partial charge in [-0.15, -0.1) is 0 Å². The summed E-state index contributed by atoms with van der Waals surface area (Å²) in [4.78, 5) is 12.4. The van der Waals surface area contributed by atoms with Gasteiger partial charge in [0.2, 0.25) is 0 Å². The van der Waals surface area contributed by atoms with Crippen molar-refractivity contribution in [3.63, 3.8) is 0 Å². The number of hydrogen-bond acceptors (Lipinski definition) is 3. The quantitative estimate of drug-likeness (QED) is 0.601. The minimum absolute atomic E-state index is 0.132. The molecule has 0 fully saturated rings. The summed E-state index contributed by atoms with van der Waals surface area (Å²) in [5, 5.41) is 10.7. The van der Waals surface area contributed by atoms with Crippen molar-refractivity contribution in [1.82, 2.24) is 0 Å². The van der Waals surface area contributed by atoms with Crippen LogP contribution in [0.1, 0.15) is 5.56 Å². The highest BCUT2D eigenvalue weighted by Crippen LogP contribution is 2.32. The van der Waals surface area contributed by atoms with E-state index in [-0.39, 0.29) is 10.6 Å². The molecule has 3 nitrogen and oxygen atoms in total. The van der Waals surface area contributed by atoms with Crippen LogP contribution in [-0.2, 0) is 0 Å². The molecule has 0 unspecified atom stereocenters. The van der Waals surface area contributed by atoms with Crippen LogP contribution in [0.25, 0.3) is 0 Å².